The molecule has 4 aromatic carbocycles. The van der Waals surface area contributed by atoms with Gasteiger partial charge in [0.2, 0.25) is 0 Å². The third-order valence-corrected chi connectivity index (χ3v) is 6.57. The number of fused-ring (bicyclic) bond motifs is 1. The maximum absolute atomic E-state index is 12.9. The molecule has 206 valence electrons. The highest BCUT2D eigenvalue weighted by Gasteiger charge is 2.17. The number of esters is 1. The molecule has 5 rings (SSSR count). The number of hydrogen-bond acceptors (Lipinski definition) is 7. The van der Waals surface area contributed by atoms with E-state index in [1.54, 1.807) is 36.4 Å². The lowest BCUT2D eigenvalue weighted by Gasteiger charge is -2.13. The second kappa shape index (κ2) is 11.9. The lowest BCUT2D eigenvalue weighted by atomic mass is 10.0. The molecule has 0 unspecified atom stereocenters. The average molecular weight is 548 g/mol. The number of amides is 1. The van der Waals surface area contributed by atoms with E-state index in [1.165, 1.54) is 14.2 Å². The van der Waals surface area contributed by atoms with E-state index in [0.29, 0.717) is 33.9 Å². The van der Waals surface area contributed by atoms with Crippen LogP contribution in [-0.2, 0) is 9.53 Å². The SMILES string of the molecule is COc1ccc(NC(=O)COC(=O)c2ccc3nc(-c4ccc(C)cc4)c(-c4ccc(C)cc4)nc3c2)c(OC)c1. The average Bonchev–Trinajstić information content (AvgIpc) is 3.00. The Morgan fingerprint density at radius 2 is 1.32 bits per heavy atom. The zero-order chi connectivity index (χ0) is 28.9. The van der Waals surface area contributed by atoms with Crippen molar-refractivity contribution in [1.29, 1.82) is 0 Å². The normalized spacial score (nSPS) is 10.7. The van der Waals surface area contributed by atoms with E-state index in [1.807, 2.05) is 62.4 Å². The lowest BCUT2D eigenvalue weighted by Crippen LogP contribution is -2.21. The van der Waals surface area contributed by atoms with Crippen molar-refractivity contribution in [3.8, 4) is 34.0 Å². The first kappa shape index (κ1) is 27.3. The van der Waals surface area contributed by atoms with Gasteiger partial charge in [0.05, 0.1) is 47.9 Å². The van der Waals surface area contributed by atoms with Crippen LogP contribution in [-0.4, -0.2) is 42.7 Å². The zero-order valence-corrected chi connectivity index (χ0v) is 23.2. The number of carbonyl (C=O) groups is 2. The van der Waals surface area contributed by atoms with Gasteiger partial charge in [0.15, 0.2) is 6.61 Å². The predicted molar refractivity (Wildman–Crippen MR) is 158 cm³/mol. The van der Waals surface area contributed by atoms with Crippen molar-refractivity contribution in [3.05, 3.63) is 102 Å². The van der Waals surface area contributed by atoms with Gasteiger partial charge >= 0.3 is 5.97 Å². The van der Waals surface area contributed by atoms with Crippen molar-refractivity contribution in [2.24, 2.45) is 0 Å². The van der Waals surface area contributed by atoms with Crippen LogP contribution in [0.3, 0.4) is 0 Å². The van der Waals surface area contributed by atoms with E-state index in [9.17, 15) is 9.59 Å². The second-order valence-electron chi connectivity index (χ2n) is 9.55. The zero-order valence-electron chi connectivity index (χ0n) is 23.2. The molecule has 1 aromatic heterocycles. The van der Waals surface area contributed by atoms with Crippen LogP contribution in [0.4, 0.5) is 5.69 Å². The molecule has 0 spiro atoms. The Kier molecular flexibility index (Phi) is 7.92. The molecule has 0 aliphatic carbocycles. The molecule has 8 nitrogen and oxygen atoms in total. The minimum atomic E-state index is -0.648. The van der Waals surface area contributed by atoms with Crippen molar-refractivity contribution in [2.45, 2.75) is 13.8 Å². The van der Waals surface area contributed by atoms with Crippen LogP contribution in [0, 0.1) is 13.8 Å². The lowest BCUT2D eigenvalue weighted by molar-refractivity contribution is -0.119. The number of hydrogen-bond donors (Lipinski definition) is 1. The van der Waals surface area contributed by atoms with Gasteiger partial charge in [0.1, 0.15) is 11.5 Å². The summed E-state index contributed by atoms with van der Waals surface area (Å²) in [4.78, 5) is 35.2. The van der Waals surface area contributed by atoms with E-state index in [0.717, 1.165) is 27.9 Å². The van der Waals surface area contributed by atoms with Crippen LogP contribution in [0.25, 0.3) is 33.5 Å². The fourth-order valence-electron chi connectivity index (χ4n) is 4.31. The van der Waals surface area contributed by atoms with Crippen LogP contribution in [0.15, 0.2) is 84.9 Å². The third kappa shape index (κ3) is 6.17. The summed E-state index contributed by atoms with van der Waals surface area (Å²) < 4.78 is 15.8. The maximum atomic E-state index is 12.9. The summed E-state index contributed by atoms with van der Waals surface area (Å²) in [5.41, 5.74) is 7.49. The summed E-state index contributed by atoms with van der Waals surface area (Å²) >= 11 is 0. The Morgan fingerprint density at radius 3 is 1.90 bits per heavy atom. The minimum absolute atomic E-state index is 0.263. The molecule has 1 heterocycles. The molecule has 0 radical (unpaired) electrons. The molecular formula is C33H29N3O5. The summed E-state index contributed by atoms with van der Waals surface area (Å²) in [5, 5.41) is 2.68. The highest BCUT2D eigenvalue weighted by atomic mass is 16.5. The van der Waals surface area contributed by atoms with Gasteiger partial charge < -0.3 is 19.5 Å². The molecular weight excluding hydrogens is 518 g/mol. The monoisotopic (exact) mass is 547 g/mol. The van der Waals surface area contributed by atoms with Gasteiger partial charge in [-0.15, -0.1) is 0 Å². The van der Waals surface area contributed by atoms with Crippen LogP contribution >= 0.6 is 0 Å². The van der Waals surface area contributed by atoms with Gasteiger partial charge in [-0.2, -0.15) is 0 Å². The van der Waals surface area contributed by atoms with Crippen molar-refractivity contribution in [2.75, 3.05) is 26.1 Å². The Bertz CT molecular complexity index is 1730. The summed E-state index contributed by atoms with van der Waals surface area (Å²) in [6.45, 7) is 3.60. The molecule has 0 aliphatic heterocycles. The van der Waals surface area contributed by atoms with E-state index in [-0.39, 0.29) is 5.56 Å². The van der Waals surface area contributed by atoms with Crippen LogP contribution in [0.1, 0.15) is 21.5 Å². The number of anilines is 1. The van der Waals surface area contributed by atoms with Gasteiger partial charge in [-0.3, -0.25) is 4.79 Å². The summed E-state index contributed by atoms with van der Waals surface area (Å²) in [6.07, 6.45) is 0. The van der Waals surface area contributed by atoms with Gasteiger partial charge in [0, 0.05) is 17.2 Å². The standard InChI is InChI=1S/C33H29N3O5/c1-20-5-9-22(10-6-20)31-32(23-11-7-21(2)8-12-23)36-28-17-24(13-15-26(28)35-31)33(38)41-19-30(37)34-27-16-14-25(39-3)18-29(27)40-4/h5-18H,19H2,1-4H3,(H,34,37). The summed E-state index contributed by atoms with van der Waals surface area (Å²) in [5.74, 6) is -0.148. The first-order valence-electron chi connectivity index (χ1n) is 13.0. The Morgan fingerprint density at radius 1 is 0.707 bits per heavy atom. The highest BCUT2D eigenvalue weighted by molar-refractivity contribution is 5.98. The molecule has 0 atom stereocenters. The Hall–Kier alpha value is -5.24. The Balaban J connectivity index is 1.39. The van der Waals surface area contributed by atoms with Crippen LogP contribution < -0.4 is 14.8 Å². The predicted octanol–water partition coefficient (Wildman–Crippen LogP) is 6.39. The van der Waals surface area contributed by atoms with Crippen molar-refractivity contribution >= 4 is 28.6 Å². The fraction of sp³-hybridized carbons (Fsp3) is 0.152. The van der Waals surface area contributed by atoms with Gasteiger partial charge in [-0.25, -0.2) is 14.8 Å². The number of nitrogens with zero attached hydrogens (tertiary/aromatic N) is 2. The summed E-state index contributed by atoms with van der Waals surface area (Å²) in [6, 6.07) is 26.2. The van der Waals surface area contributed by atoms with Crippen molar-refractivity contribution < 1.29 is 23.8 Å². The van der Waals surface area contributed by atoms with Gasteiger partial charge in [0.25, 0.3) is 5.91 Å². The molecule has 0 saturated heterocycles. The number of nitrogens with one attached hydrogen (secondary N) is 1. The van der Waals surface area contributed by atoms with Gasteiger partial charge in [-0.1, -0.05) is 59.7 Å². The Labute approximate surface area is 237 Å². The number of methoxy groups -OCH3 is 2. The first-order chi connectivity index (χ1) is 19.8. The van der Waals surface area contributed by atoms with Crippen LogP contribution in [0.2, 0.25) is 0 Å². The second-order valence-corrected chi connectivity index (χ2v) is 9.55. The van der Waals surface area contributed by atoms with Crippen molar-refractivity contribution in [1.82, 2.24) is 9.97 Å². The molecule has 1 N–H and O–H groups in total. The van der Waals surface area contributed by atoms with Crippen LogP contribution in [0.5, 0.6) is 11.5 Å². The molecule has 8 heteroatoms. The molecule has 41 heavy (non-hydrogen) atoms. The largest absolute Gasteiger partial charge is 0.497 e. The number of aromatic nitrogens is 2. The molecule has 0 saturated carbocycles. The van der Waals surface area contributed by atoms with E-state index >= 15 is 0 Å². The van der Waals surface area contributed by atoms with Gasteiger partial charge in [-0.05, 0) is 44.2 Å². The molecule has 0 fully saturated rings. The number of carbonyl (C=O) groups excluding carboxylic acids is 2. The maximum Gasteiger partial charge on any atom is 0.338 e. The smallest absolute Gasteiger partial charge is 0.338 e. The number of benzene rings is 4. The van der Waals surface area contributed by atoms with E-state index < -0.39 is 18.5 Å². The number of rotatable bonds is 8. The number of ether oxygens (including phenoxy) is 3. The first-order valence-corrected chi connectivity index (χ1v) is 13.0. The molecule has 0 aliphatic rings. The quantitative estimate of drug-likeness (QED) is 0.225. The molecule has 1 amide bonds. The van der Waals surface area contributed by atoms with Crippen molar-refractivity contribution in [3.63, 3.8) is 0 Å². The number of aryl methyl sites for hydroxylation is 2. The third-order valence-electron chi connectivity index (χ3n) is 6.57. The minimum Gasteiger partial charge on any atom is -0.497 e. The van der Waals surface area contributed by atoms with E-state index in [4.69, 9.17) is 24.2 Å². The highest BCUT2D eigenvalue weighted by Crippen LogP contribution is 2.32. The molecule has 0 bridgehead atoms. The fourth-order valence-corrected chi connectivity index (χ4v) is 4.31. The van der Waals surface area contributed by atoms with E-state index in [2.05, 4.69) is 5.32 Å². The topological polar surface area (TPSA) is 99.6 Å². The summed E-state index contributed by atoms with van der Waals surface area (Å²) in [7, 11) is 3.03. The molecule has 5 aromatic rings.